The quantitative estimate of drug-likeness (QED) is 0.0723. The molecule has 2 aromatic rings. The minimum atomic E-state index is -1.44. The maximum Gasteiger partial charge on any atom is 0.308 e. The number of non-ortho nitro benzene ring substituents is 1. The molecule has 0 spiro atoms. The topological polar surface area (TPSA) is 274 Å². The number of esters is 1. The first kappa shape index (κ1) is 57.5. The van der Waals surface area contributed by atoms with E-state index in [-0.39, 0.29) is 30.9 Å². The van der Waals surface area contributed by atoms with E-state index in [2.05, 4.69) is 10.3 Å². The van der Waals surface area contributed by atoms with Crippen molar-refractivity contribution >= 4 is 23.7 Å². The van der Waals surface area contributed by atoms with E-state index >= 15 is 0 Å². The fraction of sp³-hybridized carbons (Fsp3) is 0.700. The minimum absolute atomic E-state index is 0.0134. The van der Waals surface area contributed by atoms with Gasteiger partial charge in [0.1, 0.15) is 36.8 Å². The highest BCUT2D eigenvalue weighted by Gasteiger charge is 2.48. The molecule has 3 aliphatic rings. The van der Waals surface area contributed by atoms with Crippen LogP contribution >= 0.6 is 0 Å². The molecule has 21 heteroatoms. The molecular weight excluding hydrogens is 927 g/mol. The van der Waals surface area contributed by atoms with Crippen LogP contribution in [0.25, 0.3) is 0 Å². The smallest absolute Gasteiger partial charge is 0.308 e. The standard InChI is InChI=1S/C50H75N5O16/c1-10-40-35(27-67-50-48(66-9)47(65-8)44(61)32(6)69-50)23-28(2)11-16-38(57)29(3)24-34(19-22-56)46(30(4)39(58)25-41(59)70-40)71-49-45(62)42(43(60)31(5)68-49)53(7)20-18-36-26-54(52-51-36)21-17-33-12-14-37(15-13-33)55(63)64/h11-16,22-23,26,29-32,34-35,39-40,42-50,58,60-62H,10,17-21,24-25,27H2,1-9H3/b16-11+,28-23+/t29-,30+,31-,32-,34+,35-,39-,40-,42+,43-,44-,45-,46-,47-,48-,49+,50-/m1/s1. The summed E-state index contributed by atoms with van der Waals surface area (Å²) in [5.74, 6) is -3.70. The molecule has 3 aliphatic heterocycles. The van der Waals surface area contributed by atoms with E-state index in [4.69, 9.17) is 33.2 Å². The normalized spacial score (nSPS) is 35.9. The van der Waals surface area contributed by atoms with Gasteiger partial charge in [-0.2, -0.15) is 0 Å². The number of nitro benzene ring substituents is 1. The number of aldehydes is 1. The average molecular weight is 1000 g/mol. The van der Waals surface area contributed by atoms with Crippen molar-refractivity contribution in [3.8, 4) is 0 Å². The number of methoxy groups -OCH3 is 2. The lowest BCUT2D eigenvalue weighted by Crippen LogP contribution is -2.64. The number of hydrogen-bond acceptors (Lipinski definition) is 19. The lowest BCUT2D eigenvalue weighted by Gasteiger charge is -2.47. The van der Waals surface area contributed by atoms with Crippen molar-refractivity contribution in [3.63, 3.8) is 0 Å². The molecule has 5 rings (SSSR count). The Morgan fingerprint density at radius 2 is 1.61 bits per heavy atom. The Hall–Kier alpha value is -4.39. The number of aliphatic hydroxyl groups is 4. The van der Waals surface area contributed by atoms with Crippen LogP contribution < -0.4 is 0 Å². The third kappa shape index (κ3) is 15.3. The van der Waals surface area contributed by atoms with Crippen LogP contribution in [0.1, 0.15) is 78.5 Å². The molecular formula is C50H75N5O16. The van der Waals surface area contributed by atoms with Gasteiger partial charge in [-0.05, 0) is 64.6 Å². The van der Waals surface area contributed by atoms with Crippen LogP contribution in [-0.2, 0) is 66.9 Å². The van der Waals surface area contributed by atoms with E-state index in [0.717, 1.165) is 5.56 Å². The number of likely N-dealkylation sites (N-methyl/N-ethyl adjacent to an activating group) is 1. The molecule has 396 valence electrons. The van der Waals surface area contributed by atoms with Gasteiger partial charge in [-0.15, -0.1) is 5.10 Å². The van der Waals surface area contributed by atoms with E-state index in [1.165, 1.54) is 32.4 Å². The van der Waals surface area contributed by atoms with Crippen LogP contribution in [0.15, 0.2) is 54.3 Å². The number of ketones is 1. The van der Waals surface area contributed by atoms with Gasteiger partial charge in [-0.25, -0.2) is 0 Å². The summed E-state index contributed by atoms with van der Waals surface area (Å²) in [6, 6.07) is 5.41. The van der Waals surface area contributed by atoms with Gasteiger partial charge in [0.25, 0.3) is 5.69 Å². The predicted molar refractivity (Wildman–Crippen MR) is 255 cm³/mol. The first-order valence-electron chi connectivity index (χ1n) is 24.5. The number of nitrogens with zero attached hydrogens (tertiary/aromatic N) is 5. The minimum Gasteiger partial charge on any atom is -0.462 e. The Balaban J connectivity index is 1.32. The fourth-order valence-corrected chi connectivity index (χ4v) is 9.70. The van der Waals surface area contributed by atoms with Gasteiger partial charge >= 0.3 is 5.97 Å². The predicted octanol–water partition coefficient (Wildman–Crippen LogP) is 2.92. The number of aliphatic hydroxyl groups excluding tert-OH is 4. The number of benzene rings is 1. The zero-order chi connectivity index (χ0) is 52.1. The Morgan fingerprint density at radius 3 is 2.25 bits per heavy atom. The molecule has 4 N–H and O–H groups in total. The van der Waals surface area contributed by atoms with Crippen molar-refractivity contribution in [2.75, 3.05) is 34.4 Å². The molecule has 2 saturated heterocycles. The first-order valence-corrected chi connectivity index (χ1v) is 24.5. The first-order chi connectivity index (χ1) is 33.8. The lowest BCUT2D eigenvalue weighted by molar-refractivity contribution is -0.384. The van der Waals surface area contributed by atoms with Gasteiger partial charge in [0, 0.05) is 76.2 Å². The zero-order valence-corrected chi connectivity index (χ0v) is 42.3. The average Bonchev–Trinajstić information content (AvgIpc) is 3.81. The Kier molecular flexibility index (Phi) is 21.9. The SMILES string of the molecule is CC[C@H]1OC(=O)C[C@@H](O)[C@H](C)[C@@H](O[C@@H]2O[C@H](C)[C@@H](O)[C@H](N(C)CCc3cn(CCc4ccc([N+](=O)[O-])cc4)nn3)[C@H]2O)[C@@H](CC=O)C[C@@H](C)C(=O)/C=C/C(C)=C/[C@@H]1CO[C@@H]1O[C@H](C)[C@@H](O)[C@@H](OC)[C@H]1OC. The van der Waals surface area contributed by atoms with E-state index in [1.54, 1.807) is 75.7 Å². The summed E-state index contributed by atoms with van der Waals surface area (Å²) in [5.41, 5.74) is 2.25. The van der Waals surface area contributed by atoms with Gasteiger partial charge in [-0.1, -0.05) is 55.8 Å². The van der Waals surface area contributed by atoms with Crippen molar-refractivity contribution < 1.29 is 72.9 Å². The van der Waals surface area contributed by atoms with Crippen LogP contribution in [0.2, 0.25) is 0 Å². The third-order valence-electron chi connectivity index (χ3n) is 14.1. The molecule has 0 saturated carbocycles. The van der Waals surface area contributed by atoms with Crippen LogP contribution in [0, 0.1) is 33.8 Å². The molecule has 0 amide bonds. The van der Waals surface area contributed by atoms with Gasteiger partial charge in [-0.3, -0.25) is 29.3 Å². The molecule has 2 fully saturated rings. The third-order valence-corrected chi connectivity index (χ3v) is 14.1. The maximum atomic E-state index is 13.8. The number of hydrogen-bond donors (Lipinski definition) is 4. The molecule has 0 unspecified atom stereocenters. The van der Waals surface area contributed by atoms with Gasteiger partial charge in [0.05, 0.1) is 60.2 Å². The van der Waals surface area contributed by atoms with Crippen molar-refractivity contribution in [1.82, 2.24) is 19.9 Å². The highest BCUT2D eigenvalue weighted by atomic mass is 16.7. The number of ether oxygens (including phenoxy) is 7. The second-order valence-electron chi connectivity index (χ2n) is 19.3. The number of allylic oxidation sites excluding steroid dienone is 3. The number of aryl methyl sites for hydroxylation is 2. The molecule has 4 heterocycles. The van der Waals surface area contributed by atoms with Crippen LogP contribution in [0.5, 0.6) is 0 Å². The molecule has 71 heavy (non-hydrogen) atoms. The van der Waals surface area contributed by atoms with Crippen LogP contribution in [0.3, 0.4) is 0 Å². The highest BCUT2D eigenvalue weighted by molar-refractivity contribution is 5.91. The number of rotatable bonds is 18. The summed E-state index contributed by atoms with van der Waals surface area (Å²) in [4.78, 5) is 52.3. The van der Waals surface area contributed by atoms with Gasteiger partial charge < -0.3 is 58.4 Å². The Morgan fingerprint density at radius 1 is 0.930 bits per heavy atom. The number of carbonyl (C=O) groups excluding carboxylic acids is 3. The monoisotopic (exact) mass is 1000 g/mol. The zero-order valence-electron chi connectivity index (χ0n) is 42.3. The van der Waals surface area contributed by atoms with E-state index < -0.39 is 121 Å². The highest BCUT2D eigenvalue weighted by Crippen LogP contribution is 2.35. The van der Waals surface area contributed by atoms with E-state index in [0.29, 0.717) is 49.9 Å². The second-order valence-corrected chi connectivity index (χ2v) is 19.3. The van der Waals surface area contributed by atoms with Crippen molar-refractivity contribution in [3.05, 3.63) is 75.6 Å². The van der Waals surface area contributed by atoms with Crippen molar-refractivity contribution in [2.24, 2.45) is 23.7 Å². The largest absolute Gasteiger partial charge is 0.462 e. The number of carbonyl (C=O) groups is 3. The summed E-state index contributed by atoms with van der Waals surface area (Å²) in [5, 5.41) is 65.4. The molecule has 1 aromatic heterocycles. The summed E-state index contributed by atoms with van der Waals surface area (Å²) in [6.07, 6.45) is -3.70. The molecule has 17 atom stereocenters. The maximum absolute atomic E-state index is 13.8. The number of nitro groups is 1. The van der Waals surface area contributed by atoms with Crippen LogP contribution in [-0.4, -0.2) is 177 Å². The molecule has 0 aliphatic carbocycles. The van der Waals surface area contributed by atoms with E-state index in [9.17, 15) is 44.9 Å². The molecule has 0 bridgehead atoms. The van der Waals surface area contributed by atoms with Gasteiger partial charge in [0.15, 0.2) is 18.4 Å². The summed E-state index contributed by atoms with van der Waals surface area (Å²) in [7, 11) is 4.66. The van der Waals surface area contributed by atoms with Crippen molar-refractivity contribution in [1.29, 1.82) is 0 Å². The summed E-state index contributed by atoms with van der Waals surface area (Å²) >= 11 is 0. The second kappa shape index (κ2) is 27.1. The van der Waals surface area contributed by atoms with Gasteiger partial charge in [0.2, 0.25) is 0 Å². The number of aromatic nitrogens is 3. The molecule has 21 nitrogen and oxygen atoms in total. The molecule has 0 radical (unpaired) electrons. The van der Waals surface area contributed by atoms with E-state index in [1.807, 2.05) is 13.0 Å². The summed E-state index contributed by atoms with van der Waals surface area (Å²) in [6.45, 7) is 11.2. The van der Waals surface area contributed by atoms with Crippen LogP contribution in [0.4, 0.5) is 5.69 Å². The van der Waals surface area contributed by atoms with Crippen molar-refractivity contribution in [2.45, 2.75) is 166 Å². The lowest BCUT2D eigenvalue weighted by atomic mass is 9.79. The Bertz CT molecular complexity index is 2090. The Labute approximate surface area is 415 Å². The molecule has 1 aromatic carbocycles. The summed E-state index contributed by atoms with van der Waals surface area (Å²) < 4.78 is 43.9. The number of cyclic esters (lactones) is 1. The fourth-order valence-electron chi connectivity index (χ4n) is 9.70.